The molecule has 19 heavy (non-hydrogen) atoms. The Balaban J connectivity index is 2.66. The first-order valence-electron chi connectivity index (χ1n) is 6.40. The van der Waals surface area contributed by atoms with Gasteiger partial charge in [-0.3, -0.25) is 9.59 Å². The van der Waals surface area contributed by atoms with E-state index < -0.39 is 0 Å². The Morgan fingerprint density at radius 3 is 2.63 bits per heavy atom. The second-order valence-electron chi connectivity index (χ2n) is 4.29. The SMILES string of the molecule is CCN(C)C(=O)CNC(=O)c1ccccc1CCN. The predicted octanol–water partition coefficient (Wildman–Crippen LogP) is 0.396. The van der Waals surface area contributed by atoms with Gasteiger partial charge in [-0.05, 0) is 31.5 Å². The van der Waals surface area contributed by atoms with Gasteiger partial charge in [0.1, 0.15) is 0 Å². The molecule has 0 heterocycles. The van der Waals surface area contributed by atoms with Crippen LogP contribution in [-0.4, -0.2) is 43.4 Å². The highest BCUT2D eigenvalue weighted by Gasteiger charge is 2.12. The molecule has 0 aliphatic carbocycles. The fraction of sp³-hybridized carbons (Fsp3) is 0.429. The van der Waals surface area contributed by atoms with Crippen LogP contribution in [0.2, 0.25) is 0 Å². The van der Waals surface area contributed by atoms with Crippen LogP contribution in [0.3, 0.4) is 0 Å². The van der Waals surface area contributed by atoms with E-state index in [1.54, 1.807) is 24.1 Å². The summed E-state index contributed by atoms with van der Waals surface area (Å²) in [5, 5.41) is 2.64. The zero-order valence-corrected chi connectivity index (χ0v) is 11.5. The van der Waals surface area contributed by atoms with Gasteiger partial charge in [0.05, 0.1) is 6.54 Å². The van der Waals surface area contributed by atoms with Gasteiger partial charge in [-0.15, -0.1) is 0 Å². The minimum Gasteiger partial charge on any atom is -0.345 e. The number of hydrogen-bond donors (Lipinski definition) is 2. The van der Waals surface area contributed by atoms with Crippen molar-refractivity contribution in [2.45, 2.75) is 13.3 Å². The Morgan fingerprint density at radius 2 is 2.00 bits per heavy atom. The van der Waals surface area contributed by atoms with E-state index in [-0.39, 0.29) is 18.4 Å². The minimum atomic E-state index is -0.234. The molecule has 1 aromatic rings. The van der Waals surface area contributed by atoms with Gasteiger partial charge >= 0.3 is 0 Å². The lowest BCUT2D eigenvalue weighted by atomic mass is 10.0. The first-order chi connectivity index (χ1) is 9.10. The first kappa shape index (κ1) is 15.2. The Hall–Kier alpha value is -1.88. The molecule has 0 spiro atoms. The maximum atomic E-state index is 12.0. The summed E-state index contributed by atoms with van der Waals surface area (Å²) in [6.45, 7) is 3.01. The van der Waals surface area contributed by atoms with Crippen LogP contribution in [0.5, 0.6) is 0 Å². The molecule has 0 aromatic heterocycles. The van der Waals surface area contributed by atoms with Crippen molar-refractivity contribution in [3.8, 4) is 0 Å². The normalized spacial score (nSPS) is 10.1. The zero-order chi connectivity index (χ0) is 14.3. The van der Waals surface area contributed by atoms with Crippen LogP contribution in [0.1, 0.15) is 22.8 Å². The monoisotopic (exact) mass is 263 g/mol. The number of hydrogen-bond acceptors (Lipinski definition) is 3. The standard InChI is InChI=1S/C14H21N3O2/c1-3-17(2)13(18)10-16-14(19)12-7-5-4-6-11(12)8-9-15/h4-7H,3,8-10,15H2,1-2H3,(H,16,19). The molecule has 0 aliphatic heterocycles. The van der Waals surface area contributed by atoms with E-state index in [2.05, 4.69) is 5.32 Å². The molecule has 5 nitrogen and oxygen atoms in total. The van der Waals surface area contributed by atoms with E-state index >= 15 is 0 Å². The highest BCUT2D eigenvalue weighted by molar-refractivity contribution is 5.97. The van der Waals surface area contributed by atoms with E-state index in [0.717, 1.165) is 5.56 Å². The molecular weight excluding hydrogens is 242 g/mol. The molecule has 3 N–H and O–H groups in total. The van der Waals surface area contributed by atoms with E-state index in [1.807, 2.05) is 19.1 Å². The van der Waals surface area contributed by atoms with Crippen LogP contribution in [0.4, 0.5) is 0 Å². The van der Waals surface area contributed by atoms with Crippen LogP contribution >= 0.6 is 0 Å². The van der Waals surface area contributed by atoms with Crippen molar-refractivity contribution in [2.75, 3.05) is 26.7 Å². The average Bonchev–Trinajstić information content (AvgIpc) is 2.44. The van der Waals surface area contributed by atoms with Crippen molar-refractivity contribution in [2.24, 2.45) is 5.73 Å². The fourth-order valence-corrected chi connectivity index (χ4v) is 1.68. The second kappa shape index (κ2) is 7.53. The molecular formula is C14H21N3O2. The maximum absolute atomic E-state index is 12.0. The third kappa shape index (κ3) is 4.37. The van der Waals surface area contributed by atoms with Gasteiger partial charge < -0.3 is 16.0 Å². The fourth-order valence-electron chi connectivity index (χ4n) is 1.68. The number of amides is 2. The lowest BCUT2D eigenvalue weighted by Crippen LogP contribution is -2.38. The number of carbonyl (C=O) groups excluding carboxylic acids is 2. The molecule has 0 atom stereocenters. The van der Waals surface area contributed by atoms with Crippen molar-refractivity contribution >= 4 is 11.8 Å². The molecule has 5 heteroatoms. The topological polar surface area (TPSA) is 75.4 Å². The highest BCUT2D eigenvalue weighted by atomic mass is 16.2. The average molecular weight is 263 g/mol. The van der Waals surface area contributed by atoms with Gasteiger partial charge in [-0.2, -0.15) is 0 Å². The maximum Gasteiger partial charge on any atom is 0.251 e. The number of likely N-dealkylation sites (N-methyl/N-ethyl adjacent to an activating group) is 1. The molecule has 0 saturated carbocycles. The predicted molar refractivity (Wildman–Crippen MR) is 74.8 cm³/mol. The molecule has 0 bridgehead atoms. The Labute approximate surface area is 113 Å². The molecule has 1 rings (SSSR count). The highest BCUT2D eigenvalue weighted by Crippen LogP contribution is 2.08. The van der Waals surface area contributed by atoms with Crippen LogP contribution in [0.15, 0.2) is 24.3 Å². The van der Waals surface area contributed by atoms with Crippen molar-refractivity contribution in [3.05, 3.63) is 35.4 Å². The number of nitrogens with zero attached hydrogens (tertiary/aromatic N) is 1. The van der Waals surface area contributed by atoms with Crippen LogP contribution in [0, 0.1) is 0 Å². The third-order valence-corrected chi connectivity index (χ3v) is 2.98. The van der Waals surface area contributed by atoms with E-state index in [9.17, 15) is 9.59 Å². The molecule has 1 aromatic carbocycles. The van der Waals surface area contributed by atoms with Crippen LogP contribution in [0.25, 0.3) is 0 Å². The second-order valence-corrected chi connectivity index (χ2v) is 4.29. The Bertz CT molecular complexity index is 446. The van der Waals surface area contributed by atoms with Crippen LogP contribution < -0.4 is 11.1 Å². The third-order valence-electron chi connectivity index (χ3n) is 2.98. The van der Waals surface area contributed by atoms with Gasteiger partial charge in [0, 0.05) is 19.2 Å². The van der Waals surface area contributed by atoms with E-state index in [0.29, 0.717) is 25.1 Å². The van der Waals surface area contributed by atoms with Gasteiger partial charge in [0.2, 0.25) is 5.91 Å². The summed E-state index contributed by atoms with van der Waals surface area (Å²) in [5.74, 6) is -0.339. The molecule has 0 radical (unpaired) electrons. The molecule has 0 fully saturated rings. The Kier molecular flexibility index (Phi) is 6.02. The zero-order valence-electron chi connectivity index (χ0n) is 11.5. The molecule has 0 saturated heterocycles. The molecule has 0 aliphatic rings. The summed E-state index contributed by atoms with van der Waals surface area (Å²) in [6.07, 6.45) is 0.645. The number of carbonyl (C=O) groups is 2. The molecule has 0 unspecified atom stereocenters. The summed E-state index contributed by atoms with van der Waals surface area (Å²) in [5.41, 5.74) is 7.00. The van der Waals surface area contributed by atoms with Crippen molar-refractivity contribution in [1.82, 2.24) is 10.2 Å². The van der Waals surface area contributed by atoms with Gasteiger partial charge in [0.15, 0.2) is 0 Å². The lowest BCUT2D eigenvalue weighted by molar-refractivity contribution is -0.128. The van der Waals surface area contributed by atoms with Gasteiger partial charge in [-0.1, -0.05) is 18.2 Å². The first-order valence-corrected chi connectivity index (χ1v) is 6.40. The van der Waals surface area contributed by atoms with Crippen molar-refractivity contribution in [3.63, 3.8) is 0 Å². The summed E-state index contributed by atoms with van der Waals surface area (Å²) in [4.78, 5) is 25.2. The number of benzene rings is 1. The van der Waals surface area contributed by atoms with Gasteiger partial charge in [-0.25, -0.2) is 0 Å². The number of nitrogens with two attached hydrogens (primary N) is 1. The van der Waals surface area contributed by atoms with Crippen molar-refractivity contribution < 1.29 is 9.59 Å². The summed E-state index contributed by atoms with van der Waals surface area (Å²) in [6, 6.07) is 7.29. The lowest BCUT2D eigenvalue weighted by Gasteiger charge is -2.15. The number of rotatable bonds is 6. The van der Waals surface area contributed by atoms with Gasteiger partial charge in [0.25, 0.3) is 5.91 Å². The molecule has 104 valence electrons. The summed E-state index contributed by atoms with van der Waals surface area (Å²) >= 11 is 0. The Morgan fingerprint density at radius 1 is 1.32 bits per heavy atom. The minimum absolute atomic E-state index is 0.0140. The largest absolute Gasteiger partial charge is 0.345 e. The van der Waals surface area contributed by atoms with E-state index in [1.165, 1.54) is 0 Å². The van der Waals surface area contributed by atoms with Crippen molar-refractivity contribution in [1.29, 1.82) is 0 Å². The summed E-state index contributed by atoms with van der Waals surface area (Å²) < 4.78 is 0. The number of nitrogens with one attached hydrogen (secondary N) is 1. The smallest absolute Gasteiger partial charge is 0.251 e. The van der Waals surface area contributed by atoms with E-state index in [4.69, 9.17) is 5.73 Å². The van der Waals surface area contributed by atoms with Crippen LogP contribution in [-0.2, 0) is 11.2 Å². The summed E-state index contributed by atoms with van der Waals surface area (Å²) in [7, 11) is 1.71. The molecule has 2 amide bonds. The quantitative estimate of drug-likeness (QED) is 0.780.